The summed E-state index contributed by atoms with van der Waals surface area (Å²) in [7, 11) is 0. The number of hydrogen-bond acceptors (Lipinski definition) is 2. The monoisotopic (exact) mass is 529 g/mol. The van der Waals surface area contributed by atoms with Gasteiger partial charge in [-0.25, -0.2) is 0 Å². The standard InChI is InChI=1S/C36H19NS2/c1-2-9-21-20(8-1)22-10-3-5-13-28(22)37-29-18-27-23-11-4-6-14-30(23)38-33(27)19-26(29)25-16-17-32-35(36(25)37)34-24(21)12-7-15-31(34)39-32/h1-19H. The minimum Gasteiger partial charge on any atom is -0.308 e. The van der Waals surface area contributed by atoms with E-state index in [4.69, 9.17) is 0 Å². The Bertz CT molecular complexity index is 2660. The van der Waals surface area contributed by atoms with Crippen LogP contribution in [0.2, 0.25) is 0 Å². The molecule has 0 unspecified atom stereocenters. The summed E-state index contributed by atoms with van der Waals surface area (Å²) in [6.07, 6.45) is 0. The van der Waals surface area contributed by atoms with E-state index in [9.17, 15) is 0 Å². The second kappa shape index (κ2) is 7.15. The van der Waals surface area contributed by atoms with E-state index in [1.165, 1.54) is 89.2 Å². The van der Waals surface area contributed by atoms with Gasteiger partial charge in [0.1, 0.15) is 0 Å². The quantitative estimate of drug-likeness (QED) is 0.184. The summed E-state index contributed by atoms with van der Waals surface area (Å²) in [5, 5.41) is 13.3. The summed E-state index contributed by atoms with van der Waals surface area (Å²) in [6, 6.07) is 43.1. The van der Waals surface area contributed by atoms with Crippen LogP contribution in [0.1, 0.15) is 0 Å². The SMILES string of the molecule is c1ccc2c(c1)sc1cc3c4ccc5sc6cccc7c8ccccc8c8ccccc8n(c3cc12)c4c5c67. The molecule has 0 aliphatic heterocycles. The number of hydrogen-bond donors (Lipinski definition) is 0. The topological polar surface area (TPSA) is 4.41 Å². The van der Waals surface area contributed by atoms with Crippen LogP contribution >= 0.6 is 22.7 Å². The number of nitrogens with zero attached hydrogens (tertiary/aromatic N) is 1. The first-order valence-electron chi connectivity index (χ1n) is 13.3. The molecule has 0 N–H and O–H groups in total. The van der Waals surface area contributed by atoms with Crippen molar-refractivity contribution in [2.45, 2.75) is 0 Å². The molecule has 0 amide bonds. The number of para-hydroxylation sites is 1. The molecule has 0 saturated carbocycles. The number of benzene rings is 6. The number of rotatable bonds is 0. The minimum atomic E-state index is 1.24. The highest BCUT2D eigenvalue weighted by molar-refractivity contribution is 7.26. The van der Waals surface area contributed by atoms with Crippen LogP contribution in [0.3, 0.4) is 0 Å². The van der Waals surface area contributed by atoms with E-state index >= 15 is 0 Å². The van der Waals surface area contributed by atoms with E-state index in [1.807, 2.05) is 22.7 Å². The van der Waals surface area contributed by atoms with Gasteiger partial charge < -0.3 is 4.40 Å². The molecule has 4 heterocycles. The third-order valence-electron chi connectivity index (χ3n) is 8.54. The summed E-state index contributed by atoms with van der Waals surface area (Å²) in [5.74, 6) is 0. The Labute approximate surface area is 230 Å². The van der Waals surface area contributed by atoms with Gasteiger partial charge in [0.15, 0.2) is 0 Å². The van der Waals surface area contributed by atoms with E-state index in [1.54, 1.807) is 0 Å². The zero-order chi connectivity index (χ0) is 25.2. The van der Waals surface area contributed by atoms with E-state index in [0.29, 0.717) is 0 Å². The van der Waals surface area contributed by atoms with Crippen molar-refractivity contribution < 1.29 is 0 Å². The van der Waals surface area contributed by atoms with Crippen molar-refractivity contribution in [1.29, 1.82) is 0 Å². The Hall–Kier alpha value is -4.44. The molecule has 0 fully saturated rings. The van der Waals surface area contributed by atoms with Gasteiger partial charge in [-0.2, -0.15) is 0 Å². The molecule has 0 radical (unpaired) electrons. The fourth-order valence-electron chi connectivity index (χ4n) is 6.95. The van der Waals surface area contributed by atoms with Crippen LogP contribution in [0.15, 0.2) is 115 Å². The lowest BCUT2D eigenvalue weighted by Crippen LogP contribution is -1.86. The number of aromatic nitrogens is 1. The highest BCUT2D eigenvalue weighted by Gasteiger charge is 2.20. The molecule has 0 saturated heterocycles. The minimum absolute atomic E-state index is 1.24. The maximum atomic E-state index is 2.57. The molecule has 10 rings (SSSR count). The molecule has 10 aromatic rings. The molecule has 3 heteroatoms. The molecule has 0 atom stereocenters. The Morgan fingerprint density at radius 2 is 1.03 bits per heavy atom. The largest absolute Gasteiger partial charge is 0.308 e. The number of fused-ring (bicyclic) bond motifs is 11. The molecule has 6 aromatic carbocycles. The van der Waals surface area contributed by atoms with Gasteiger partial charge in [0, 0.05) is 56.5 Å². The number of thiophene rings is 2. The summed E-state index contributed by atoms with van der Waals surface area (Å²) < 4.78 is 7.96. The van der Waals surface area contributed by atoms with Crippen molar-refractivity contribution in [3.05, 3.63) is 115 Å². The van der Waals surface area contributed by atoms with Crippen molar-refractivity contribution in [1.82, 2.24) is 4.40 Å². The molecule has 0 spiro atoms. The third-order valence-corrected chi connectivity index (χ3v) is 10.8. The fraction of sp³-hybridized carbons (Fsp3) is 0. The fourth-order valence-corrected chi connectivity index (χ4v) is 9.21. The molecular weight excluding hydrogens is 511 g/mol. The highest BCUT2D eigenvalue weighted by Crippen LogP contribution is 2.47. The van der Waals surface area contributed by atoms with Gasteiger partial charge in [-0.3, -0.25) is 0 Å². The van der Waals surface area contributed by atoms with Crippen LogP contribution in [0.4, 0.5) is 0 Å². The first-order valence-corrected chi connectivity index (χ1v) is 14.9. The Morgan fingerprint density at radius 1 is 0.359 bits per heavy atom. The van der Waals surface area contributed by atoms with Gasteiger partial charge in [-0.1, -0.05) is 78.9 Å². The average Bonchev–Trinajstić information content (AvgIpc) is 3.65. The predicted octanol–water partition coefficient (Wildman–Crippen LogP) is 11.3. The van der Waals surface area contributed by atoms with Gasteiger partial charge in [-0.05, 0) is 52.6 Å². The normalized spacial score (nSPS) is 12.6. The molecule has 39 heavy (non-hydrogen) atoms. The van der Waals surface area contributed by atoms with Crippen molar-refractivity contribution in [3.63, 3.8) is 0 Å². The second-order valence-electron chi connectivity index (χ2n) is 10.5. The highest BCUT2D eigenvalue weighted by atomic mass is 32.1. The zero-order valence-electron chi connectivity index (χ0n) is 20.7. The van der Waals surface area contributed by atoms with Gasteiger partial charge in [0.05, 0.1) is 16.6 Å². The van der Waals surface area contributed by atoms with Gasteiger partial charge in [0.2, 0.25) is 0 Å². The van der Waals surface area contributed by atoms with Crippen LogP contribution in [0, 0.1) is 0 Å². The third kappa shape index (κ3) is 2.50. The van der Waals surface area contributed by atoms with E-state index in [-0.39, 0.29) is 0 Å². The first kappa shape index (κ1) is 20.5. The van der Waals surface area contributed by atoms with Crippen molar-refractivity contribution in [3.8, 4) is 0 Å². The lowest BCUT2D eigenvalue weighted by atomic mass is 10.0. The summed E-state index contributed by atoms with van der Waals surface area (Å²) in [4.78, 5) is 0. The van der Waals surface area contributed by atoms with Crippen LogP contribution in [-0.4, -0.2) is 4.40 Å². The summed E-state index contributed by atoms with van der Waals surface area (Å²) >= 11 is 3.81. The maximum Gasteiger partial charge on any atom is 0.0634 e. The maximum absolute atomic E-state index is 2.57. The molecule has 0 bridgehead atoms. The van der Waals surface area contributed by atoms with Crippen molar-refractivity contribution in [2.75, 3.05) is 0 Å². The van der Waals surface area contributed by atoms with Gasteiger partial charge in [0.25, 0.3) is 0 Å². The first-order chi connectivity index (χ1) is 19.3. The molecular formula is C36H19NS2. The van der Waals surface area contributed by atoms with Crippen molar-refractivity contribution in [2.24, 2.45) is 0 Å². The van der Waals surface area contributed by atoms with Crippen LogP contribution in [0.5, 0.6) is 0 Å². The molecule has 180 valence electrons. The Balaban J connectivity index is 1.64. The Kier molecular flexibility index (Phi) is 3.76. The van der Waals surface area contributed by atoms with Crippen molar-refractivity contribution >= 4 is 112 Å². The lowest BCUT2D eigenvalue weighted by Gasteiger charge is -2.05. The Morgan fingerprint density at radius 3 is 1.92 bits per heavy atom. The van der Waals surface area contributed by atoms with E-state index < -0.39 is 0 Å². The summed E-state index contributed by atoms with van der Waals surface area (Å²) in [6.45, 7) is 0. The van der Waals surface area contributed by atoms with Gasteiger partial charge in [-0.15, -0.1) is 22.7 Å². The molecule has 0 aliphatic carbocycles. The van der Waals surface area contributed by atoms with Crippen LogP contribution < -0.4 is 0 Å². The second-order valence-corrected chi connectivity index (χ2v) is 12.6. The van der Waals surface area contributed by atoms with Gasteiger partial charge >= 0.3 is 0 Å². The smallest absolute Gasteiger partial charge is 0.0634 e. The molecule has 0 aliphatic rings. The van der Waals surface area contributed by atoms with E-state index in [0.717, 1.165) is 0 Å². The predicted molar refractivity (Wildman–Crippen MR) is 173 cm³/mol. The molecule has 1 nitrogen and oxygen atoms in total. The summed E-state index contributed by atoms with van der Waals surface area (Å²) in [5.41, 5.74) is 3.84. The lowest BCUT2D eigenvalue weighted by molar-refractivity contribution is 1.36. The molecule has 4 aromatic heterocycles. The zero-order valence-corrected chi connectivity index (χ0v) is 22.4. The van der Waals surface area contributed by atoms with Crippen LogP contribution in [-0.2, 0) is 0 Å². The van der Waals surface area contributed by atoms with Crippen LogP contribution in [0.25, 0.3) is 89.2 Å². The average molecular weight is 530 g/mol. The van der Waals surface area contributed by atoms with E-state index in [2.05, 4.69) is 120 Å².